The van der Waals surface area contributed by atoms with Gasteiger partial charge in [0.25, 0.3) is 5.91 Å². The minimum Gasteiger partial charge on any atom is -0.496 e. The van der Waals surface area contributed by atoms with Crippen LogP contribution in [0, 0.1) is 11.3 Å². The fraction of sp³-hybridized carbons (Fsp3) is 0.105. The molecule has 0 saturated heterocycles. The van der Waals surface area contributed by atoms with E-state index in [9.17, 15) is 9.59 Å². The number of esters is 1. The third-order valence-electron chi connectivity index (χ3n) is 3.26. The number of carbonyl (C=O) groups excluding carboxylic acids is 2. The largest absolute Gasteiger partial charge is 0.496 e. The Morgan fingerprint density at radius 2 is 2.04 bits per heavy atom. The molecule has 0 radical (unpaired) electrons. The molecule has 0 aromatic heterocycles. The predicted molar refractivity (Wildman–Crippen MR) is 97.8 cm³/mol. The summed E-state index contributed by atoms with van der Waals surface area (Å²) in [4.78, 5) is 23.5. The number of halogens is 1. The van der Waals surface area contributed by atoms with Gasteiger partial charge in [-0.2, -0.15) is 5.26 Å². The van der Waals surface area contributed by atoms with Crippen molar-refractivity contribution in [1.82, 2.24) is 0 Å². The molecule has 2 aromatic rings. The van der Waals surface area contributed by atoms with E-state index in [4.69, 9.17) is 26.3 Å². The van der Waals surface area contributed by atoms with Gasteiger partial charge in [-0.1, -0.05) is 29.8 Å². The van der Waals surface area contributed by atoms with Gasteiger partial charge in [-0.25, -0.2) is 4.79 Å². The molecular weight excluding hydrogens is 356 g/mol. The molecule has 0 fully saturated rings. The molecule has 0 aliphatic carbocycles. The molecule has 0 spiro atoms. The molecule has 132 valence electrons. The average Bonchev–Trinajstić information content (AvgIpc) is 2.65. The Bertz CT molecular complexity index is 887. The Kier molecular flexibility index (Phi) is 6.77. The van der Waals surface area contributed by atoms with Gasteiger partial charge in [0.15, 0.2) is 6.61 Å². The van der Waals surface area contributed by atoms with E-state index in [2.05, 4.69) is 5.32 Å². The Morgan fingerprint density at radius 1 is 1.27 bits per heavy atom. The molecule has 0 aliphatic rings. The molecule has 2 rings (SSSR count). The first-order valence-corrected chi connectivity index (χ1v) is 7.88. The number of nitrogens with zero attached hydrogens (tertiary/aromatic N) is 1. The first-order chi connectivity index (χ1) is 12.5. The monoisotopic (exact) mass is 370 g/mol. The smallest absolute Gasteiger partial charge is 0.331 e. The van der Waals surface area contributed by atoms with E-state index < -0.39 is 18.5 Å². The molecule has 0 saturated carbocycles. The topological polar surface area (TPSA) is 88.4 Å². The molecule has 1 N–H and O–H groups in total. The average molecular weight is 371 g/mol. The van der Waals surface area contributed by atoms with E-state index in [0.29, 0.717) is 22.6 Å². The molecule has 7 heteroatoms. The zero-order valence-electron chi connectivity index (χ0n) is 13.9. The van der Waals surface area contributed by atoms with E-state index in [1.807, 2.05) is 18.2 Å². The molecular formula is C19H15ClN2O4. The molecule has 0 unspecified atom stereocenters. The van der Waals surface area contributed by atoms with Crippen molar-refractivity contribution in [1.29, 1.82) is 5.26 Å². The standard InChI is InChI=1S/C19H15ClN2O4/c1-25-17-5-3-2-4-13(17)7-9-19(24)26-12-18(23)22-15-8-6-14(11-21)16(20)10-15/h2-10H,12H2,1H3,(H,22,23)/b9-7+. The minimum absolute atomic E-state index is 0.224. The zero-order valence-corrected chi connectivity index (χ0v) is 14.6. The number of ether oxygens (including phenoxy) is 2. The number of amides is 1. The van der Waals surface area contributed by atoms with Crippen LogP contribution in [0.4, 0.5) is 5.69 Å². The molecule has 0 bridgehead atoms. The van der Waals surface area contributed by atoms with Gasteiger partial charge in [-0.15, -0.1) is 0 Å². The quantitative estimate of drug-likeness (QED) is 0.621. The lowest BCUT2D eigenvalue weighted by atomic mass is 10.2. The number of benzene rings is 2. The van der Waals surface area contributed by atoms with Crippen LogP contribution < -0.4 is 10.1 Å². The predicted octanol–water partition coefficient (Wildman–Crippen LogP) is 3.42. The van der Waals surface area contributed by atoms with Gasteiger partial charge in [0.05, 0.1) is 17.7 Å². The molecule has 0 heterocycles. The maximum Gasteiger partial charge on any atom is 0.331 e. The fourth-order valence-corrected chi connectivity index (χ4v) is 2.25. The Hall–Kier alpha value is -3.30. The van der Waals surface area contributed by atoms with E-state index >= 15 is 0 Å². The second-order valence-electron chi connectivity index (χ2n) is 5.04. The normalized spacial score (nSPS) is 10.2. The van der Waals surface area contributed by atoms with E-state index in [1.165, 1.54) is 31.4 Å². The number of anilines is 1. The number of rotatable bonds is 6. The summed E-state index contributed by atoms with van der Waals surface area (Å²) in [5, 5.41) is 11.6. The molecule has 0 atom stereocenters. The van der Waals surface area contributed by atoms with Gasteiger partial charge in [0, 0.05) is 17.3 Å². The number of methoxy groups -OCH3 is 1. The number of hydrogen-bond acceptors (Lipinski definition) is 5. The zero-order chi connectivity index (χ0) is 18.9. The van der Waals surface area contributed by atoms with E-state index in [0.717, 1.165) is 0 Å². The summed E-state index contributed by atoms with van der Waals surface area (Å²) in [6.45, 7) is -0.452. The number of carbonyl (C=O) groups is 2. The van der Waals surface area contributed by atoms with Crippen LogP contribution in [0.25, 0.3) is 6.08 Å². The lowest BCUT2D eigenvalue weighted by molar-refractivity contribution is -0.142. The number of nitriles is 1. The maximum absolute atomic E-state index is 11.8. The summed E-state index contributed by atoms with van der Waals surface area (Å²) >= 11 is 5.89. The van der Waals surface area contributed by atoms with Crippen LogP contribution >= 0.6 is 11.6 Å². The summed E-state index contributed by atoms with van der Waals surface area (Å²) in [6.07, 6.45) is 2.75. The van der Waals surface area contributed by atoms with Crippen molar-refractivity contribution in [3.63, 3.8) is 0 Å². The van der Waals surface area contributed by atoms with Gasteiger partial charge in [0.1, 0.15) is 11.8 Å². The first kappa shape index (κ1) is 19.0. The molecule has 1 amide bonds. The molecule has 6 nitrogen and oxygen atoms in total. The Labute approximate surface area is 155 Å². The SMILES string of the molecule is COc1ccccc1/C=C/C(=O)OCC(=O)Nc1ccc(C#N)c(Cl)c1. The van der Waals surface area contributed by atoms with Crippen LogP contribution in [0.15, 0.2) is 48.5 Å². The van der Waals surface area contributed by atoms with E-state index in [-0.39, 0.29) is 5.02 Å². The van der Waals surface area contributed by atoms with Crippen molar-refractivity contribution < 1.29 is 19.1 Å². The summed E-state index contributed by atoms with van der Waals surface area (Å²) in [6, 6.07) is 13.6. The van der Waals surface area contributed by atoms with Crippen LogP contribution in [-0.4, -0.2) is 25.6 Å². The van der Waals surface area contributed by atoms with Gasteiger partial charge in [-0.05, 0) is 30.3 Å². The summed E-state index contributed by atoms with van der Waals surface area (Å²) < 4.78 is 10.1. The van der Waals surface area contributed by atoms with Gasteiger partial charge < -0.3 is 14.8 Å². The van der Waals surface area contributed by atoms with Crippen LogP contribution in [0.3, 0.4) is 0 Å². The maximum atomic E-state index is 11.8. The molecule has 26 heavy (non-hydrogen) atoms. The third-order valence-corrected chi connectivity index (χ3v) is 3.57. The van der Waals surface area contributed by atoms with Crippen molar-refractivity contribution in [2.24, 2.45) is 0 Å². The lowest BCUT2D eigenvalue weighted by Gasteiger charge is -2.06. The van der Waals surface area contributed by atoms with Crippen LogP contribution in [0.1, 0.15) is 11.1 Å². The highest BCUT2D eigenvalue weighted by Crippen LogP contribution is 2.20. The first-order valence-electron chi connectivity index (χ1n) is 7.51. The van der Waals surface area contributed by atoms with Crippen molar-refractivity contribution >= 4 is 35.2 Å². The van der Waals surface area contributed by atoms with Gasteiger partial charge in [0.2, 0.25) is 0 Å². The third kappa shape index (κ3) is 5.36. The highest BCUT2D eigenvalue weighted by molar-refractivity contribution is 6.32. The second-order valence-corrected chi connectivity index (χ2v) is 5.44. The summed E-state index contributed by atoms with van der Waals surface area (Å²) in [5.41, 5.74) is 1.42. The highest BCUT2D eigenvalue weighted by Gasteiger charge is 2.08. The lowest BCUT2D eigenvalue weighted by Crippen LogP contribution is -2.20. The van der Waals surface area contributed by atoms with Crippen molar-refractivity contribution in [3.8, 4) is 11.8 Å². The Morgan fingerprint density at radius 3 is 2.73 bits per heavy atom. The van der Waals surface area contributed by atoms with Crippen molar-refractivity contribution in [2.45, 2.75) is 0 Å². The number of hydrogen-bond donors (Lipinski definition) is 1. The summed E-state index contributed by atoms with van der Waals surface area (Å²) in [7, 11) is 1.53. The minimum atomic E-state index is -0.663. The molecule has 0 aliphatic heterocycles. The Balaban J connectivity index is 1.87. The van der Waals surface area contributed by atoms with Crippen LogP contribution in [0.2, 0.25) is 5.02 Å². The van der Waals surface area contributed by atoms with Gasteiger partial charge >= 0.3 is 5.97 Å². The van der Waals surface area contributed by atoms with E-state index in [1.54, 1.807) is 18.2 Å². The number of para-hydroxylation sites is 1. The van der Waals surface area contributed by atoms with Gasteiger partial charge in [-0.3, -0.25) is 4.79 Å². The van der Waals surface area contributed by atoms with Crippen molar-refractivity contribution in [2.75, 3.05) is 19.0 Å². The fourth-order valence-electron chi connectivity index (χ4n) is 2.03. The second kappa shape index (κ2) is 9.25. The summed E-state index contributed by atoms with van der Waals surface area (Å²) in [5.74, 6) is -0.569. The van der Waals surface area contributed by atoms with Crippen molar-refractivity contribution in [3.05, 3.63) is 64.7 Å². The van der Waals surface area contributed by atoms with Crippen LogP contribution in [0.5, 0.6) is 5.75 Å². The highest BCUT2D eigenvalue weighted by atomic mass is 35.5. The molecule has 2 aromatic carbocycles. The number of nitrogens with one attached hydrogen (secondary N) is 1. The van der Waals surface area contributed by atoms with Crippen LogP contribution in [-0.2, 0) is 14.3 Å².